The molecule has 3 aromatic carbocycles. The summed E-state index contributed by atoms with van der Waals surface area (Å²) in [5.74, 6) is 1.07. The van der Waals surface area contributed by atoms with Gasteiger partial charge in [0.05, 0.1) is 10.6 Å². The molecule has 0 saturated heterocycles. The third-order valence-corrected chi connectivity index (χ3v) is 8.95. The number of hydrogen-bond donors (Lipinski definition) is 1. The average Bonchev–Trinajstić information content (AvgIpc) is 2.84. The molecule has 0 heterocycles. The van der Waals surface area contributed by atoms with Crippen LogP contribution >= 0.6 is 35.1 Å². The van der Waals surface area contributed by atoms with Crippen LogP contribution in [0.4, 0.5) is 5.69 Å². The minimum atomic E-state index is -3.92. The molecule has 0 fully saturated rings. The van der Waals surface area contributed by atoms with Gasteiger partial charge in [-0.1, -0.05) is 47.5 Å². The normalized spacial score (nSPS) is 11.3. The highest BCUT2D eigenvalue weighted by Crippen LogP contribution is 2.26. The van der Waals surface area contributed by atoms with Crippen molar-refractivity contribution in [3.63, 3.8) is 0 Å². The van der Waals surface area contributed by atoms with Crippen LogP contribution in [-0.2, 0) is 20.6 Å². The number of carbonyl (C=O) groups excluding carboxylic acids is 1. The van der Waals surface area contributed by atoms with E-state index >= 15 is 0 Å². The third-order valence-electron chi connectivity index (χ3n) is 5.04. The number of nitrogens with zero attached hydrogens (tertiary/aromatic N) is 1. The van der Waals surface area contributed by atoms with E-state index < -0.39 is 10.0 Å². The SMILES string of the molecule is CSc1ccc(S(=O)(=O)N(CC(=O)NCCSCc2ccccc2Cl)c2ccc(C)cc2)cc1. The van der Waals surface area contributed by atoms with Gasteiger partial charge < -0.3 is 5.32 Å². The maximum atomic E-state index is 13.4. The Kier molecular flexibility index (Phi) is 9.76. The Balaban J connectivity index is 1.66. The maximum absolute atomic E-state index is 13.4. The van der Waals surface area contributed by atoms with Crippen LogP contribution in [0.15, 0.2) is 82.6 Å². The molecule has 0 bridgehead atoms. The Morgan fingerprint density at radius 2 is 1.68 bits per heavy atom. The van der Waals surface area contributed by atoms with E-state index in [-0.39, 0.29) is 17.3 Å². The van der Waals surface area contributed by atoms with Gasteiger partial charge in [-0.15, -0.1) is 11.8 Å². The molecule has 0 atom stereocenters. The van der Waals surface area contributed by atoms with E-state index in [4.69, 9.17) is 11.6 Å². The van der Waals surface area contributed by atoms with Crippen molar-refractivity contribution in [1.29, 1.82) is 0 Å². The molecule has 0 spiro atoms. The van der Waals surface area contributed by atoms with Crippen LogP contribution in [0.1, 0.15) is 11.1 Å². The molecule has 0 radical (unpaired) electrons. The molecule has 0 saturated carbocycles. The first-order valence-electron chi connectivity index (χ1n) is 10.6. The van der Waals surface area contributed by atoms with E-state index in [2.05, 4.69) is 5.32 Å². The van der Waals surface area contributed by atoms with E-state index in [9.17, 15) is 13.2 Å². The van der Waals surface area contributed by atoms with Crippen LogP contribution in [0, 0.1) is 6.92 Å². The summed E-state index contributed by atoms with van der Waals surface area (Å²) < 4.78 is 28.0. The van der Waals surface area contributed by atoms with Gasteiger partial charge in [0.15, 0.2) is 0 Å². The first kappa shape index (κ1) is 26.5. The van der Waals surface area contributed by atoms with Crippen LogP contribution < -0.4 is 9.62 Å². The summed E-state index contributed by atoms with van der Waals surface area (Å²) in [7, 11) is -3.92. The number of halogens is 1. The Hall–Kier alpha value is -2.13. The van der Waals surface area contributed by atoms with Gasteiger partial charge in [-0.25, -0.2) is 8.42 Å². The Labute approximate surface area is 215 Å². The summed E-state index contributed by atoms with van der Waals surface area (Å²) in [4.78, 5) is 13.8. The molecule has 0 aliphatic carbocycles. The van der Waals surface area contributed by atoms with Crippen LogP contribution in [-0.4, -0.2) is 39.4 Å². The summed E-state index contributed by atoms with van der Waals surface area (Å²) in [5.41, 5.74) is 2.50. The maximum Gasteiger partial charge on any atom is 0.264 e. The van der Waals surface area contributed by atoms with Crippen molar-refractivity contribution in [2.75, 3.05) is 29.4 Å². The van der Waals surface area contributed by atoms with Crippen molar-refractivity contribution >= 4 is 56.7 Å². The number of aryl methyl sites for hydroxylation is 1. The number of anilines is 1. The van der Waals surface area contributed by atoms with Gasteiger partial charge in [-0.3, -0.25) is 9.10 Å². The van der Waals surface area contributed by atoms with E-state index in [1.807, 2.05) is 49.6 Å². The van der Waals surface area contributed by atoms with Gasteiger partial charge in [-0.05, 0) is 61.2 Å². The second-order valence-electron chi connectivity index (χ2n) is 7.52. The Morgan fingerprint density at radius 1 is 1.00 bits per heavy atom. The fourth-order valence-corrected chi connectivity index (χ4v) is 6.12. The van der Waals surface area contributed by atoms with Gasteiger partial charge in [0.25, 0.3) is 10.0 Å². The lowest BCUT2D eigenvalue weighted by atomic mass is 10.2. The number of sulfonamides is 1. The van der Waals surface area contributed by atoms with Gasteiger partial charge >= 0.3 is 0 Å². The molecule has 5 nitrogen and oxygen atoms in total. The summed E-state index contributed by atoms with van der Waals surface area (Å²) in [6.07, 6.45) is 1.93. The largest absolute Gasteiger partial charge is 0.354 e. The van der Waals surface area contributed by atoms with Crippen LogP contribution in [0.2, 0.25) is 5.02 Å². The summed E-state index contributed by atoms with van der Waals surface area (Å²) in [5, 5.41) is 3.56. The first-order valence-corrected chi connectivity index (χ1v) is 14.8. The van der Waals surface area contributed by atoms with E-state index in [1.165, 1.54) is 11.8 Å². The highest BCUT2D eigenvalue weighted by molar-refractivity contribution is 7.98. The van der Waals surface area contributed by atoms with Crippen molar-refractivity contribution in [2.45, 2.75) is 22.5 Å². The van der Waals surface area contributed by atoms with Crippen LogP contribution in [0.25, 0.3) is 0 Å². The van der Waals surface area contributed by atoms with E-state index in [0.717, 1.165) is 31.1 Å². The van der Waals surface area contributed by atoms with Crippen molar-refractivity contribution < 1.29 is 13.2 Å². The topological polar surface area (TPSA) is 66.5 Å². The predicted molar refractivity (Wildman–Crippen MR) is 145 cm³/mol. The molecular weight excluding hydrogens is 508 g/mol. The zero-order valence-electron chi connectivity index (χ0n) is 19.0. The quantitative estimate of drug-likeness (QED) is 0.255. The number of carbonyl (C=O) groups is 1. The molecule has 1 amide bonds. The summed E-state index contributed by atoms with van der Waals surface area (Å²) >= 11 is 9.36. The zero-order chi connectivity index (χ0) is 24.6. The molecule has 9 heteroatoms. The predicted octanol–water partition coefficient (Wildman–Crippen LogP) is 5.62. The zero-order valence-corrected chi connectivity index (χ0v) is 22.2. The molecule has 0 aliphatic heterocycles. The molecule has 3 rings (SSSR count). The van der Waals surface area contributed by atoms with Gasteiger partial charge in [0, 0.05) is 28.0 Å². The van der Waals surface area contributed by atoms with E-state index in [1.54, 1.807) is 48.2 Å². The fraction of sp³-hybridized carbons (Fsp3) is 0.240. The van der Waals surface area contributed by atoms with Gasteiger partial charge in [0.1, 0.15) is 6.54 Å². The number of amides is 1. The number of hydrogen-bond acceptors (Lipinski definition) is 5. The monoisotopic (exact) mass is 534 g/mol. The first-order chi connectivity index (χ1) is 16.3. The molecule has 180 valence electrons. The third kappa shape index (κ3) is 7.18. The molecule has 3 aromatic rings. The van der Waals surface area contributed by atoms with E-state index in [0.29, 0.717) is 18.0 Å². The minimum absolute atomic E-state index is 0.147. The number of rotatable bonds is 11. The van der Waals surface area contributed by atoms with Crippen LogP contribution in [0.3, 0.4) is 0 Å². The molecule has 0 aromatic heterocycles. The smallest absolute Gasteiger partial charge is 0.264 e. The Morgan fingerprint density at radius 3 is 2.32 bits per heavy atom. The van der Waals surface area contributed by atoms with Gasteiger partial charge in [-0.2, -0.15) is 11.8 Å². The van der Waals surface area contributed by atoms with Crippen LogP contribution in [0.5, 0.6) is 0 Å². The highest BCUT2D eigenvalue weighted by Gasteiger charge is 2.27. The Bertz CT molecular complexity index is 1200. The van der Waals surface area contributed by atoms with Crippen molar-refractivity contribution in [1.82, 2.24) is 5.32 Å². The lowest BCUT2D eigenvalue weighted by Crippen LogP contribution is -2.41. The van der Waals surface area contributed by atoms with Crippen molar-refractivity contribution in [3.8, 4) is 0 Å². The minimum Gasteiger partial charge on any atom is -0.354 e. The molecule has 34 heavy (non-hydrogen) atoms. The average molecular weight is 535 g/mol. The molecular formula is C25H27ClN2O3S3. The lowest BCUT2D eigenvalue weighted by molar-refractivity contribution is -0.119. The highest BCUT2D eigenvalue weighted by atomic mass is 35.5. The standard InChI is InChI=1S/C25H27ClN2O3S3/c1-19-7-9-21(10-8-19)28(34(30,31)23-13-11-22(32-2)12-14-23)17-25(29)27-15-16-33-18-20-5-3-4-6-24(20)26/h3-14H,15-18H2,1-2H3,(H,27,29). The number of benzene rings is 3. The second-order valence-corrected chi connectivity index (χ2v) is 11.8. The molecule has 0 aliphatic rings. The molecule has 1 N–H and O–H groups in total. The van der Waals surface area contributed by atoms with Gasteiger partial charge in [0.2, 0.25) is 5.91 Å². The lowest BCUT2D eigenvalue weighted by Gasteiger charge is -2.24. The summed E-state index contributed by atoms with van der Waals surface area (Å²) in [6.45, 7) is 2.06. The number of thioether (sulfide) groups is 2. The summed E-state index contributed by atoms with van der Waals surface area (Å²) in [6, 6.07) is 21.4. The fourth-order valence-electron chi connectivity index (χ4n) is 3.15. The number of nitrogens with one attached hydrogen (secondary N) is 1. The molecule has 0 unspecified atom stereocenters. The van der Waals surface area contributed by atoms with Crippen molar-refractivity contribution in [2.24, 2.45) is 0 Å². The second kappa shape index (κ2) is 12.5. The van der Waals surface area contributed by atoms with Crippen molar-refractivity contribution in [3.05, 3.63) is 88.9 Å².